The lowest BCUT2D eigenvalue weighted by Crippen LogP contribution is -2.49. The van der Waals surface area contributed by atoms with Crippen LogP contribution < -0.4 is 0 Å². The van der Waals surface area contributed by atoms with Crippen LogP contribution in [0.3, 0.4) is 0 Å². The van der Waals surface area contributed by atoms with E-state index in [9.17, 15) is 14.0 Å². The van der Waals surface area contributed by atoms with Crippen molar-refractivity contribution >= 4 is 17.6 Å². The summed E-state index contributed by atoms with van der Waals surface area (Å²) in [6.45, 7) is 9.43. The minimum atomic E-state index is -0.692. The summed E-state index contributed by atoms with van der Waals surface area (Å²) in [6.07, 6.45) is 3.89. The monoisotopic (exact) mass is 476 g/mol. The maximum atomic E-state index is 13.6. The van der Waals surface area contributed by atoms with Crippen molar-refractivity contribution in [3.05, 3.63) is 77.2 Å². The summed E-state index contributed by atoms with van der Waals surface area (Å²) in [4.78, 5) is 29.8. The molecule has 0 saturated carbocycles. The average molecular weight is 477 g/mol. The zero-order valence-corrected chi connectivity index (χ0v) is 19.4. The number of piperidine rings is 1. The molecule has 2 heterocycles. The van der Waals surface area contributed by atoms with Crippen LogP contribution in [0.1, 0.15) is 37.3 Å². The Labute approximate surface area is 202 Å². The molecule has 0 aliphatic carbocycles. The zero-order chi connectivity index (χ0) is 24.8. The summed E-state index contributed by atoms with van der Waals surface area (Å²) in [5, 5.41) is 11.1. The molecule has 180 valence electrons. The predicted octanol–water partition coefficient (Wildman–Crippen LogP) is 3.45. The van der Waals surface area contributed by atoms with Crippen LogP contribution in [0.2, 0.25) is 0 Å². The number of rotatable bonds is 7. The van der Waals surface area contributed by atoms with Gasteiger partial charge in [0.15, 0.2) is 0 Å². The van der Waals surface area contributed by atoms with E-state index < -0.39 is 11.4 Å². The normalized spacial score (nSPS) is 14.8. The second kappa shape index (κ2) is 10.4. The molecule has 0 bridgehead atoms. The van der Waals surface area contributed by atoms with E-state index in [0.717, 1.165) is 16.8 Å². The van der Waals surface area contributed by atoms with Crippen molar-refractivity contribution in [3.8, 4) is 5.69 Å². The lowest BCUT2D eigenvalue weighted by Gasteiger charge is -2.41. The quantitative estimate of drug-likeness (QED) is 0.383. The van der Waals surface area contributed by atoms with Gasteiger partial charge in [-0.15, -0.1) is 5.10 Å². The Morgan fingerprint density at radius 3 is 2.49 bits per heavy atom. The van der Waals surface area contributed by atoms with Gasteiger partial charge < -0.3 is 9.64 Å². The summed E-state index contributed by atoms with van der Waals surface area (Å²) in [6, 6.07) is 11.9. The van der Waals surface area contributed by atoms with E-state index in [2.05, 4.69) is 20.4 Å². The van der Waals surface area contributed by atoms with Gasteiger partial charge >= 0.3 is 5.97 Å². The summed E-state index contributed by atoms with van der Waals surface area (Å²) in [5.74, 6) is -0.902. The molecule has 0 radical (unpaired) electrons. The molecule has 1 aromatic heterocycles. The number of esters is 1. The van der Waals surface area contributed by atoms with Gasteiger partial charge in [0.25, 0.3) is 0 Å². The van der Waals surface area contributed by atoms with Gasteiger partial charge in [0.1, 0.15) is 17.7 Å². The van der Waals surface area contributed by atoms with Crippen LogP contribution in [-0.4, -0.2) is 55.7 Å². The number of carbonyl (C=O) groups is 2. The minimum absolute atomic E-state index is 0.0110. The molecular weight excluding hydrogens is 451 g/mol. The predicted molar refractivity (Wildman–Crippen MR) is 124 cm³/mol. The van der Waals surface area contributed by atoms with Crippen LogP contribution >= 0.6 is 0 Å². The smallest absolute Gasteiger partial charge is 0.303 e. The Morgan fingerprint density at radius 2 is 1.86 bits per heavy atom. The van der Waals surface area contributed by atoms with Crippen molar-refractivity contribution in [2.45, 2.75) is 44.6 Å². The maximum absolute atomic E-state index is 13.6. The highest BCUT2D eigenvalue weighted by molar-refractivity contribution is 5.79. The third kappa shape index (κ3) is 5.87. The Kier molecular flexibility index (Phi) is 7.15. The zero-order valence-electron chi connectivity index (χ0n) is 19.4. The third-order valence-electron chi connectivity index (χ3n) is 6.29. The molecular formula is C25H25FN6O3. The lowest BCUT2D eigenvalue weighted by molar-refractivity contribution is -0.164. The number of nitrogens with zero attached hydrogens (tertiary/aromatic N) is 6. The largest absolute Gasteiger partial charge is 0.459 e. The molecule has 0 spiro atoms. The van der Waals surface area contributed by atoms with Crippen LogP contribution in [0.15, 0.2) is 48.8 Å². The fourth-order valence-electron chi connectivity index (χ4n) is 4.38. The van der Waals surface area contributed by atoms with Gasteiger partial charge in [-0.05, 0) is 47.0 Å². The molecule has 9 nitrogen and oxygen atoms in total. The number of amides is 1. The molecule has 4 rings (SSSR count). The fraction of sp³-hybridized carbons (Fsp3) is 0.360. The molecule has 1 aliphatic heterocycles. The van der Waals surface area contributed by atoms with Crippen LogP contribution in [0.4, 0.5) is 10.1 Å². The van der Waals surface area contributed by atoms with Gasteiger partial charge in [-0.25, -0.2) is 13.9 Å². The Morgan fingerprint density at radius 1 is 1.14 bits per heavy atom. The van der Waals surface area contributed by atoms with Crippen LogP contribution in [0.5, 0.6) is 0 Å². The SMILES string of the molecule is [C-]#[N+]c1cc(CCC2(OC(C)=O)CCN(C(=O)Cc3ccc(-n4cnnn4)cc3)CC2)ccc1F. The first-order valence-electron chi connectivity index (χ1n) is 11.3. The number of halogens is 1. The summed E-state index contributed by atoms with van der Waals surface area (Å²) in [5.41, 5.74) is 1.79. The van der Waals surface area contributed by atoms with Gasteiger partial charge in [-0.3, -0.25) is 9.59 Å². The molecule has 1 saturated heterocycles. The number of aryl methyl sites for hydroxylation is 1. The van der Waals surface area contributed by atoms with Crippen molar-refractivity contribution in [2.75, 3.05) is 13.1 Å². The van der Waals surface area contributed by atoms with Crippen molar-refractivity contribution in [2.24, 2.45) is 0 Å². The highest BCUT2D eigenvalue weighted by Gasteiger charge is 2.38. The summed E-state index contributed by atoms with van der Waals surface area (Å²) >= 11 is 0. The molecule has 2 aromatic carbocycles. The fourth-order valence-corrected chi connectivity index (χ4v) is 4.38. The number of hydrogen-bond acceptors (Lipinski definition) is 6. The second-order valence-corrected chi connectivity index (χ2v) is 8.65. The minimum Gasteiger partial charge on any atom is -0.459 e. The lowest BCUT2D eigenvalue weighted by atomic mass is 9.85. The topological polar surface area (TPSA) is 94.6 Å². The van der Waals surface area contributed by atoms with Crippen molar-refractivity contribution in [1.29, 1.82) is 0 Å². The Bertz CT molecular complexity index is 1230. The van der Waals surface area contributed by atoms with E-state index in [1.807, 2.05) is 24.3 Å². The standard InChI is InChI=1S/C25H25FN6O3/c1-18(33)35-25(10-9-20-5-8-22(26)23(15-20)27-2)11-13-31(14-12-25)24(34)16-19-3-6-21(7-4-19)32-17-28-29-30-32/h3-8,15,17H,9-14,16H2,1H3. The molecule has 0 N–H and O–H groups in total. The molecule has 35 heavy (non-hydrogen) atoms. The number of tetrazole rings is 1. The van der Waals surface area contributed by atoms with Crippen LogP contribution in [-0.2, 0) is 27.2 Å². The highest BCUT2D eigenvalue weighted by atomic mass is 19.1. The molecule has 1 amide bonds. The van der Waals surface area contributed by atoms with E-state index in [0.29, 0.717) is 38.8 Å². The number of carbonyl (C=O) groups excluding carboxylic acids is 2. The van der Waals surface area contributed by atoms with E-state index >= 15 is 0 Å². The first-order chi connectivity index (χ1) is 16.9. The average Bonchev–Trinajstić information content (AvgIpc) is 3.39. The van der Waals surface area contributed by atoms with Gasteiger partial charge in [0.2, 0.25) is 11.6 Å². The molecule has 0 unspecified atom stereocenters. The highest BCUT2D eigenvalue weighted by Crippen LogP contribution is 2.32. The van der Waals surface area contributed by atoms with Crippen molar-refractivity contribution in [3.63, 3.8) is 0 Å². The van der Waals surface area contributed by atoms with E-state index in [1.54, 1.807) is 15.6 Å². The van der Waals surface area contributed by atoms with Crippen LogP contribution in [0.25, 0.3) is 10.5 Å². The molecule has 1 fully saturated rings. The number of likely N-dealkylation sites (tertiary alicyclic amines) is 1. The Balaban J connectivity index is 1.36. The van der Waals surface area contributed by atoms with Gasteiger partial charge in [-0.2, -0.15) is 0 Å². The molecule has 3 aromatic rings. The van der Waals surface area contributed by atoms with Crippen LogP contribution in [0, 0.1) is 12.4 Å². The second-order valence-electron chi connectivity index (χ2n) is 8.65. The Hall–Kier alpha value is -4.13. The van der Waals surface area contributed by atoms with Gasteiger partial charge in [0, 0.05) is 32.9 Å². The maximum Gasteiger partial charge on any atom is 0.303 e. The van der Waals surface area contributed by atoms with E-state index in [-0.39, 0.29) is 24.0 Å². The summed E-state index contributed by atoms with van der Waals surface area (Å²) in [7, 11) is 0. The van der Waals surface area contributed by atoms with Crippen molar-refractivity contribution < 1.29 is 18.7 Å². The number of hydrogen-bond donors (Lipinski definition) is 0. The summed E-state index contributed by atoms with van der Waals surface area (Å²) < 4.78 is 20.9. The number of ether oxygens (including phenoxy) is 1. The van der Waals surface area contributed by atoms with Crippen molar-refractivity contribution in [1.82, 2.24) is 25.1 Å². The molecule has 0 atom stereocenters. The number of aromatic nitrogens is 4. The van der Waals surface area contributed by atoms with Gasteiger partial charge in [-0.1, -0.05) is 29.8 Å². The molecule has 10 heteroatoms. The van der Waals surface area contributed by atoms with Gasteiger partial charge in [0.05, 0.1) is 18.7 Å². The number of benzene rings is 2. The third-order valence-corrected chi connectivity index (χ3v) is 6.29. The van der Waals surface area contributed by atoms with E-state index in [1.165, 1.54) is 25.4 Å². The first-order valence-corrected chi connectivity index (χ1v) is 11.3. The van der Waals surface area contributed by atoms with E-state index in [4.69, 9.17) is 11.3 Å². The molecule has 1 aliphatic rings. The first kappa shape index (κ1) is 24.0.